The summed E-state index contributed by atoms with van der Waals surface area (Å²) < 4.78 is 6.24. The first-order valence-corrected chi connectivity index (χ1v) is 7.93. The third kappa shape index (κ3) is 3.41. The van der Waals surface area contributed by atoms with Crippen molar-refractivity contribution in [1.29, 1.82) is 0 Å². The molecule has 0 saturated carbocycles. The van der Waals surface area contributed by atoms with Crippen LogP contribution in [0.15, 0.2) is 29.6 Å². The molecule has 2 unspecified atom stereocenters. The molecule has 2 atom stereocenters. The molecule has 0 saturated heterocycles. The molecule has 2 aromatic rings. The number of ether oxygens (including phenoxy) is 1. The van der Waals surface area contributed by atoms with Crippen molar-refractivity contribution in [2.75, 3.05) is 0 Å². The summed E-state index contributed by atoms with van der Waals surface area (Å²) in [5.41, 5.74) is 9.97. The van der Waals surface area contributed by atoms with Gasteiger partial charge in [-0.15, -0.1) is 11.3 Å². The van der Waals surface area contributed by atoms with E-state index in [0.29, 0.717) is 0 Å². The molecule has 1 aromatic heterocycles. The zero-order chi connectivity index (χ0) is 14.7. The first-order chi connectivity index (χ1) is 9.51. The third-order valence-corrected chi connectivity index (χ3v) is 4.56. The molecule has 0 aliphatic heterocycles. The fraction of sp³-hybridized carbons (Fsp3) is 0.412. The van der Waals surface area contributed by atoms with Gasteiger partial charge in [0, 0.05) is 10.9 Å². The summed E-state index contributed by atoms with van der Waals surface area (Å²) in [6.07, 6.45) is 0.827. The van der Waals surface area contributed by atoms with Crippen molar-refractivity contribution >= 4 is 11.3 Å². The first kappa shape index (κ1) is 15.1. The second kappa shape index (κ2) is 6.42. The highest BCUT2D eigenvalue weighted by Gasteiger charge is 2.23. The quantitative estimate of drug-likeness (QED) is 0.877. The van der Waals surface area contributed by atoms with Crippen molar-refractivity contribution in [3.8, 4) is 5.75 Å². The Bertz CT molecular complexity index is 556. The SMILES string of the molecule is CCC(N)C(Oc1cc(C)cc(C)c1)c1sccc1C. The van der Waals surface area contributed by atoms with Crippen LogP contribution in [0.1, 0.15) is 41.0 Å². The van der Waals surface area contributed by atoms with Gasteiger partial charge in [0.2, 0.25) is 0 Å². The average molecular weight is 289 g/mol. The summed E-state index contributed by atoms with van der Waals surface area (Å²) in [6.45, 7) is 8.40. The van der Waals surface area contributed by atoms with Crippen molar-refractivity contribution in [2.24, 2.45) is 5.73 Å². The predicted molar refractivity (Wildman–Crippen MR) is 86.6 cm³/mol. The van der Waals surface area contributed by atoms with E-state index < -0.39 is 0 Å². The molecule has 0 radical (unpaired) electrons. The van der Waals surface area contributed by atoms with E-state index in [0.717, 1.165) is 12.2 Å². The molecule has 0 fully saturated rings. The van der Waals surface area contributed by atoms with Gasteiger partial charge in [0.05, 0.1) is 0 Å². The van der Waals surface area contributed by atoms with Crippen molar-refractivity contribution < 1.29 is 4.74 Å². The summed E-state index contributed by atoms with van der Waals surface area (Å²) >= 11 is 1.72. The smallest absolute Gasteiger partial charge is 0.148 e. The zero-order valence-corrected chi connectivity index (χ0v) is 13.5. The van der Waals surface area contributed by atoms with Crippen LogP contribution in [0.2, 0.25) is 0 Å². The van der Waals surface area contributed by atoms with Gasteiger partial charge in [0.1, 0.15) is 11.9 Å². The minimum Gasteiger partial charge on any atom is -0.483 e. The van der Waals surface area contributed by atoms with Crippen LogP contribution >= 0.6 is 11.3 Å². The van der Waals surface area contributed by atoms with Crippen molar-refractivity contribution in [3.63, 3.8) is 0 Å². The highest BCUT2D eigenvalue weighted by molar-refractivity contribution is 7.10. The molecule has 1 heterocycles. The van der Waals surface area contributed by atoms with Gasteiger partial charge < -0.3 is 10.5 Å². The fourth-order valence-electron chi connectivity index (χ4n) is 2.37. The van der Waals surface area contributed by atoms with E-state index in [-0.39, 0.29) is 12.1 Å². The van der Waals surface area contributed by atoms with Gasteiger partial charge in [0.25, 0.3) is 0 Å². The van der Waals surface area contributed by atoms with E-state index in [1.807, 2.05) is 0 Å². The number of aryl methyl sites for hydroxylation is 3. The van der Waals surface area contributed by atoms with Crippen molar-refractivity contribution in [3.05, 3.63) is 51.2 Å². The van der Waals surface area contributed by atoms with Gasteiger partial charge >= 0.3 is 0 Å². The Labute approximate surface area is 125 Å². The molecule has 2 nitrogen and oxygen atoms in total. The summed E-state index contributed by atoms with van der Waals surface area (Å²) in [5.74, 6) is 0.907. The second-order valence-electron chi connectivity index (χ2n) is 5.40. The maximum atomic E-state index is 6.28. The van der Waals surface area contributed by atoms with Gasteiger partial charge in [-0.25, -0.2) is 0 Å². The van der Waals surface area contributed by atoms with Gasteiger partial charge in [-0.1, -0.05) is 13.0 Å². The lowest BCUT2D eigenvalue weighted by molar-refractivity contribution is 0.174. The van der Waals surface area contributed by atoms with Crippen LogP contribution in [0.5, 0.6) is 5.75 Å². The lowest BCUT2D eigenvalue weighted by atomic mass is 10.0. The maximum Gasteiger partial charge on any atom is 0.148 e. The Balaban J connectivity index is 2.31. The molecule has 0 aliphatic carbocycles. The number of rotatable bonds is 5. The molecule has 108 valence electrons. The molecule has 0 amide bonds. The topological polar surface area (TPSA) is 35.2 Å². The van der Waals surface area contributed by atoms with Crippen LogP contribution in [-0.2, 0) is 0 Å². The monoisotopic (exact) mass is 289 g/mol. The van der Waals surface area contributed by atoms with Crippen LogP contribution in [0.4, 0.5) is 0 Å². The molecule has 20 heavy (non-hydrogen) atoms. The molecular weight excluding hydrogens is 266 g/mol. The van der Waals surface area contributed by atoms with Crippen LogP contribution < -0.4 is 10.5 Å². The Morgan fingerprint density at radius 2 is 1.80 bits per heavy atom. The van der Waals surface area contributed by atoms with Crippen LogP contribution in [0, 0.1) is 20.8 Å². The molecule has 3 heteroatoms. The second-order valence-corrected chi connectivity index (χ2v) is 6.35. The van der Waals surface area contributed by atoms with E-state index in [1.54, 1.807) is 11.3 Å². The summed E-state index contributed by atoms with van der Waals surface area (Å²) in [5, 5.41) is 2.10. The van der Waals surface area contributed by atoms with E-state index in [2.05, 4.69) is 57.3 Å². The summed E-state index contributed by atoms with van der Waals surface area (Å²) in [6, 6.07) is 8.43. The lowest BCUT2D eigenvalue weighted by Crippen LogP contribution is -2.31. The first-order valence-electron chi connectivity index (χ1n) is 7.05. The summed E-state index contributed by atoms with van der Waals surface area (Å²) in [4.78, 5) is 1.23. The molecule has 1 aromatic carbocycles. The number of hydrogen-bond donors (Lipinski definition) is 1. The van der Waals surface area contributed by atoms with Crippen LogP contribution in [0.3, 0.4) is 0 Å². The normalized spacial score (nSPS) is 14.1. The Morgan fingerprint density at radius 3 is 2.30 bits per heavy atom. The van der Waals surface area contributed by atoms with Crippen LogP contribution in [0.25, 0.3) is 0 Å². The fourth-order valence-corrected chi connectivity index (χ4v) is 3.40. The third-order valence-electron chi connectivity index (χ3n) is 3.48. The van der Waals surface area contributed by atoms with Crippen molar-refractivity contribution in [2.45, 2.75) is 46.3 Å². The number of benzene rings is 1. The number of nitrogens with two attached hydrogens (primary N) is 1. The van der Waals surface area contributed by atoms with E-state index >= 15 is 0 Å². The highest BCUT2D eigenvalue weighted by atomic mass is 32.1. The van der Waals surface area contributed by atoms with E-state index in [4.69, 9.17) is 10.5 Å². The molecule has 0 spiro atoms. The van der Waals surface area contributed by atoms with E-state index in [9.17, 15) is 0 Å². The minimum absolute atomic E-state index is 0.00756. The Morgan fingerprint density at radius 1 is 1.15 bits per heavy atom. The molecule has 2 N–H and O–H groups in total. The molecular formula is C17H23NOS. The highest BCUT2D eigenvalue weighted by Crippen LogP contribution is 2.32. The molecule has 2 rings (SSSR count). The van der Waals surface area contributed by atoms with Crippen molar-refractivity contribution in [1.82, 2.24) is 0 Å². The number of thiophene rings is 1. The average Bonchev–Trinajstić information content (AvgIpc) is 2.80. The standard InChI is InChI=1S/C17H23NOS/c1-5-15(18)16(17-13(4)6-7-20-17)19-14-9-11(2)8-12(3)10-14/h6-10,15-16H,5,18H2,1-4H3. The number of hydrogen-bond acceptors (Lipinski definition) is 3. The zero-order valence-electron chi connectivity index (χ0n) is 12.6. The maximum absolute atomic E-state index is 6.28. The van der Waals surface area contributed by atoms with Gasteiger partial charge in [-0.05, 0) is 67.5 Å². The Kier molecular flexibility index (Phi) is 4.84. The van der Waals surface area contributed by atoms with Gasteiger partial charge in [0.15, 0.2) is 0 Å². The van der Waals surface area contributed by atoms with Crippen LogP contribution in [-0.4, -0.2) is 6.04 Å². The Hall–Kier alpha value is -1.32. The van der Waals surface area contributed by atoms with Gasteiger partial charge in [-0.2, -0.15) is 0 Å². The molecule has 0 bridgehead atoms. The van der Waals surface area contributed by atoms with E-state index in [1.165, 1.54) is 21.6 Å². The summed E-state index contributed by atoms with van der Waals surface area (Å²) in [7, 11) is 0. The lowest BCUT2D eigenvalue weighted by Gasteiger charge is -2.24. The minimum atomic E-state index is -0.0683. The molecule has 0 aliphatic rings. The van der Waals surface area contributed by atoms with Gasteiger partial charge in [-0.3, -0.25) is 0 Å². The largest absolute Gasteiger partial charge is 0.483 e. The predicted octanol–water partition coefficient (Wildman–Crippen LogP) is 4.53.